The lowest BCUT2D eigenvalue weighted by atomic mass is 9.86. The predicted octanol–water partition coefficient (Wildman–Crippen LogP) is 6.56. The van der Waals surface area contributed by atoms with E-state index in [-0.39, 0.29) is 10.3 Å². The topological polar surface area (TPSA) is 89.7 Å². The lowest BCUT2D eigenvalue weighted by Gasteiger charge is -2.26. The predicted molar refractivity (Wildman–Crippen MR) is 169 cm³/mol. The third kappa shape index (κ3) is 5.79. The summed E-state index contributed by atoms with van der Waals surface area (Å²) in [6.45, 7) is 9.32. The molecule has 8 nitrogen and oxygen atoms in total. The standard InChI is InChI=1S/C33H35F3N8S/c1-3-29-40-30(27-13-25(14-33(34,35)36)45-31(27)41-29)43-11-8-32(20-43)7-10-42(19-32)18-23-4-5-28-26(21(23)2)12-24(15-37)44(28)9-6-22-16-38-39-17-22/h4-5,12-13,16-17H,3,6-11,14,18-20H2,1-2H3,(H,38,39). The number of halogens is 3. The van der Waals surface area contributed by atoms with Crippen LogP contribution in [0.1, 0.15) is 52.9 Å². The number of anilines is 1. The number of benzene rings is 1. The van der Waals surface area contributed by atoms with E-state index in [9.17, 15) is 18.4 Å². The van der Waals surface area contributed by atoms with Crippen LogP contribution in [0.2, 0.25) is 0 Å². The Morgan fingerprint density at radius 3 is 2.71 bits per heavy atom. The molecular formula is C33H35F3N8S. The summed E-state index contributed by atoms with van der Waals surface area (Å²) >= 11 is 1.13. The zero-order valence-corrected chi connectivity index (χ0v) is 26.2. The number of hydrogen-bond acceptors (Lipinski definition) is 7. The summed E-state index contributed by atoms with van der Waals surface area (Å²) < 4.78 is 41.6. The first-order chi connectivity index (χ1) is 21.6. The van der Waals surface area contributed by atoms with Gasteiger partial charge in [-0.25, -0.2) is 9.97 Å². The Labute approximate surface area is 263 Å². The minimum Gasteiger partial charge on any atom is -0.355 e. The second-order valence-electron chi connectivity index (χ2n) is 12.6. The van der Waals surface area contributed by atoms with Gasteiger partial charge in [0.05, 0.1) is 18.0 Å². The summed E-state index contributed by atoms with van der Waals surface area (Å²) in [6.07, 6.45) is 2.05. The highest BCUT2D eigenvalue weighted by Crippen LogP contribution is 2.44. The minimum atomic E-state index is -4.25. The monoisotopic (exact) mass is 632 g/mol. The highest BCUT2D eigenvalue weighted by atomic mass is 32.1. The van der Waals surface area contributed by atoms with Crippen LogP contribution in [0, 0.1) is 23.7 Å². The molecule has 4 aromatic heterocycles. The first-order valence-corrected chi connectivity index (χ1v) is 16.3. The fourth-order valence-electron chi connectivity index (χ4n) is 7.22. The number of likely N-dealkylation sites (tertiary alicyclic amines) is 1. The molecule has 2 aliphatic heterocycles. The van der Waals surface area contributed by atoms with Crippen LogP contribution in [0.5, 0.6) is 0 Å². The Hall–Kier alpha value is -3.95. The Morgan fingerprint density at radius 2 is 1.96 bits per heavy atom. The van der Waals surface area contributed by atoms with Crippen molar-refractivity contribution < 1.29 is 13.2 Å². The number of H-pyrrole nitrogens is 1. The quantitative estimate of drug-likeness (QED) is 0.208. The van der Waals surface area contributed by atoms with Gasteiger partial charge in [0, 0.05) is 66.5 Å². The number of aromatic amines is 1. The molecule has 0 saturated carbocycles. The maximum Gasteiger partial charge on any atom is 0.393 e. The average Bonchev–Trinajstić information content (AvgIpc) is 3.84. The largest absolute Gasteiger partial charge is 0.393 e. The van der Waals surface area contributed by atoms with Crippen molar-refractivity contribution >= 4 is 38.3 Å². The molecule has 1 atom stereocenters. The van der Waals surface area contributed by atoms with E-state index in [0.717, 1.165) is 91.0 Å². The van der Waals surface area contributed by atoms with Gasteiger partial charge in [-0.3, -0.25) is 10.00 Å². The number of fused-ring (bicyclic) bond motifs is 2. The third-order valence-electron chi connectivity index (χ3n) is 9.57. The Morgan fingerprint density at radius 1 is 1.11 bits per heavy atom. The van der Waals surface area contributed by atoms with Crippen molar-refractivity contribution in [1.82, 2.24) is 29.6 Å². The van der Waals surface area contributed by atoms with Crippen molar-refractivity contribution in [2.45, 2.75) is 65.2 Å². The molecule has 6 heterocycles. The summed E-state index contributed by atoms with van der Waals surface area (Å²) in [5.74, 6) is 1.45. The van der Waals surface area contributed by atoms with E-state index in [2.05, 4.69) is 54.7 Å². The van der Waals surface area contributed by atoms with Gasteiger partial charge in [-0.05, 0) is 67.6 Å². The summed E-state index contributed by atoms with van der Waals surface area (Å²) in [4.78, 5) is 15.1. The first-order valence-electron chi connectivity index (χ1n) is 15.5. The lowest BCUT2D eigenvalue weighted by molar-refractivity contribution is -0.126. The van der Waals surface area contributed by atoms with Gasteiger partial charge in [0.15, 0.2) is 0 Å². The lowest BCUT2D eigenvalue weighted by Crippen LogP contribution is -2.31. The van der Waals surface area contributed by atoms with E-state index in [4.69, 9.17) is 4.98 Å². The molecule has 5 aromatic rings. The Kier molecular flexibility index (Phi) is 7.56. The highest BCUT2D eigenvalue weighted by Gasteiger charge is 2.44. The number of nitrogens with zero attached hydrogens (tertiary/aromatic N) is 7. The summed E-state index contributed by atoms with van der Waals surface area (Å²) in [5.41, 5.74) is 5.46. The first kappa shape index (κ1) is 29.7. The van der Waals surface area contributed by atoms with Gasteiger partial charge in [-0.1, -0.05) is 13.0 Å². The van der Waals surface area contributed by atoms with Crippen LogP contribution in [-0.4, -0.2) is 62.0 Å². The summed E-state index contributed by atoms with van der Waals surface area (Å²) in [6, 6.07) is 10.4. The number of aryl methyl sites for hydroxylation is 4. The molecule has 45 heavy (non-hydrogen) atoms. The number of nitrogens with one attached hydrogen (secondary N) is 1. The van der Waals surface area contributed by atoms with Gasteiger partial charge in [0.2, 0.25) is 0 Å². The number of rotatable bonds is 8. The molecule has 0 radical (unpaired) electrons. The van der Waals surface area contributed by atoms with Crippen molar-refractivity contribution in [3.63, 3.8) is 0 Å². The molecule has 1 unspecified atom stereocenters. The fourth-order valence-corrected chi connectivity index (χ4v) is 8.29. The molecule has 1 spiro atoms. The van der Waals surface area contributed by atoms with Crippen molar-refractivity contribution in [3.05, 3.63) is 69.7 Å². The van der Waals surface area contributed by atoms with E-state index in [1.165, 1.54) is 11.1 Å². The van der Waals surface area contributed by atoms with Gasteiger partial charge in [-0.2, -0.15) is 23.5 Å². The van der Waals surface area contributed by atoms with Gasteiger partial charge >= 0.3 is 6.18 Å². The molecule has 1 aromatic carbocycles. The highest BCUT2D eigenvalue weighted by molar-refractivity contribution is 7.18. The molecular weight excluding hydrogens is 597 g/mol. The maximum absolute atomic E-state index is 13.2. The minimum absolute atomic E-state index is 0.122. The van der Waals surface area contributed by atoms with Crippen molar-refractivity contribution in [1.29, 1.82) is 5.26 Å². The average molecular weight is 633 g/mol. The van der Waals surface area contributed by atoms with Crippen LogP contribution in [0.3, 0.4) is 0 Å². The van der Waals surface area contributed by atoms with Crippen molar-refractivity contribution in [3.8, 4) is 6.07 Å². The Balaban J connectivity index is 1.08. The Bertz CT molecular complexity index is 1900. The molecule has 0 amide bonds. The van der Waals surface area contributed by atoms with Gasteiger partial charge < -0.3 is 9.47 Å². The molecule has 12 heteroatoms. The smallest absolute Gasteiger partial charge is 0.355 e. The number of hydrogen-bond donors (Lipinski definition) is 1. The summed E-state index contributed by atoms with van der Waals surface area (Å²) in [5, 5.41) is 18.6. The van der Waals surface area contributed by atoms with Gasteiger partial charge in [-0.15, -0.1) is 11.3 Å². The summed E-state index contributed by atoms with van der Waals surface area (Å²) in [7, 11) is 0. The van der Waals surface area contributed by atoms with Crippen molar-refractivity contribution in [2.75, 3.05) is 31.1 Å². The van der Waals surface area contributed by atoms with Gasteiger partial charge in [0.1, 0.15) is 28.2 Å². The molecule has 234 valence electrons. The van der Waals surface area contributed by atoms with E-state index < -0.39 is 12.6 Å². The van der Waals surface area contributed by atoms with E-state index in [1.54, 1.807) is 6.07 Å². The second kappa shape index (κ2) is 11.4. The van der Waals surface area contributed by atoms with E-state index in [0.29, 0.717) is 29.3 Å². The van der Waals surface area contributed by atoms with Crippen LogP contribution in [0.15, 0.2) is 36.7 Å². The van der Waals surface area contributed by atoms with Crippen LogP contribution < -0.4 is 4.90 Å². The molecule has 2 saturated heterocycles. The maximum atomic E-state index is 13.2. The van der Waals surface area contributed by atoms with Crippen molar-refractivity contribution in [2.24, 2.45) is 5.41 Å². The SMILES string of the molecule is CCc1nc(N2CCC3(CCN(Cc4ccc5c(cc(C#N)n5CCc5cn[nH]c5)c4C)C3)C2)c2cc(CC(F)(F)F)sc2n1. The van der Waals surface area contributed by atoms with Crippen LogP contribution in [-0.2, 0) is 32.4 Å². The number of alkyl halides is 3. The zero-order valence-electron chi connectivity index (χ0n) is 25.4. The third-order valence-corrected chi connectivity index (χ3v) is 10.6. The van der Waals surface area contributed by atoms with Crippen LogP contribution >= 0.6 is 11.3 Å². The molecule has 1 N–H and O–H groups in total. The molecule has 2 aliphatic rings. The molecule has 0 bridgehead atoms. The molecule has 2 fully saturated rings. The normalized spacial score (nSPS) is 19.1. The van der Waals surface area contributed by atoms with E-state index >= 15 is 0 Å². The molecule has 7 rings (SSSR count). The number of nitriles is 1. The molecule has 0 aliphatic carbocycles. The van der Waals surface area contributed by atoms with E-state index in [1.807, 2.05) is 25.4 Å². The van der Waals surface area contributed by atoms with Gasteiger partial charge in [0.25, 0.3) is 0 Å². The second-order valence-corrected chi connectivity index (χ2v) is 13.7. The van der Waals surface area contributed by atoms with Crippen LogP contribution in [0.4, 0.5) is 19.0 Å². The zero-order chi connectivity index (χ0) is 31.3. The number of thiophene rings is 1. The fraction of sp³-hybridized carbons (Fsp3) is 0.455. The number of aromatic nitrogens is 5. The van der Waals surface area contributed by atoms with Crippen LogP contribution in [0.25, 0.3) is 21.1 Å².